The first-order valence-electron chi connectivity index (χ1n) is 10.7. The van der Waals surface area contributed by atoms with E-state index in [2.05, 4.69) is 22.3 Å². The Morgan fingerprint density at radius 2 is 1.86 bits per heavy atom. The molecule has 28 heavy (non-hydrogen) atoms. The van der Waals surface area contributed by atoms with Gasteiger partial charge in [0.1, 0.15) is 5.82 Å². The Hall–Kier alpha value is -2.37. The molecular weight excluding hydrogens is 352 g/mol. The maximum atomic E-state index is 12.0. The largest absolute Gasteiger partial charge is 0.466 e. The minimum atomic E-state index is -0.0683. The number of aromatic nitrogens is 2. The molecule has 1 aromatic carbocycles. The molecule has 1 saturated carbocycles. The van der Waals surface area contributed by atoms with E-state index in [-0.39, 0.29) is 11.9 Å². The number of hydrogen-bond donors (Lipinski definition) is 1. The maximum Gasteiger partial charge on any atom is 0.309 e. The van der Waals surface area contributed by atoms with E-state index in [1.54, 1.807) is 0 Å². The second-order valence-corrected chi connectivity index (χ2v) is 7.88. The molecule has 0 amide bonds. The number of anilines is 2. The van der Waals surface area contributed by atoms with Crippen LogP contribution in [0.15, 0.2) is 24.3 Å². The number of carbonyl (C=O) groups excluding carboxylic acids is 1. The molecule has 0 unspecified atom stereocenters. The molecule has 0 bridgehead atoms. The average molecular weight is 383 g/mol. The van der Waals surface area contributed by atoms with Crippen LogP contribution >= 0.6 is 0 Å². The van der Waals surface area contributed by atoms with Gasteiger partial charge in [-0.05, 0) is 44.7 Å². The van der Waals surface area contributed by atoms with E-state index in [0.29, 0.717) is 12.6 Å². The van der Waals surface area contributed by atoms with Crippen LogP contribution in [0.5, 0.6) is 0 Å². The summed E-state index contributed by atoms with van der Waals surface area (Å²) in [7, 11) is 0. The van der Waals surface area contributed by atoms with Crippen molar-refractivity contribution in [3.05, 3.63) is 24.3 Å². The van der Waals surface area contributed by atoms with Gasteiger partial charge in [0.15, 0.2) is 0 Å². The second kappa shape index (κ2) is 8.76. The minimum Gasteiger partial charge on any atom is -0.466 e. The second-order valence-electron chi connectivity index (χ2n) is 7.88. The van der Waals surface area contributed by atoms with Crippen molar-refractivity contribution in [3.63, 3.8) is 0 Å². The van der Waals surface area contributed by atoms with Crippen LogP contribution in [-0.2, 0) is 9.53 Å². The minimum absolute atomic E-state index is 0.00325. The monoisotopic (exact) mass is 382 g/mol. The van der Waals surface area contributed by atoms with Crippen LogP contribution in [-0.4, -0.2) is 41.7 Å². The molecular formula is C22H30N4O2. The summed E-state index contributed by atoms with van der Waals surface area (Å²) >= 11 is 0. The third-order valence-electron chi connectivity index (χ3n) is 5.94. The third-order valence-corrected chi connectivity index (χ3v) is 5.94. The summed E-state index contributed by atoms with van der Waals surface area (Å²) in [6.45, 7) is 3.87. The fourth-order valence-electron chi connectivity index (χ4n) is 4.33. The van der Waals surface area contributed by atoms with E-state index in [1.165, 1.54) is 32.1 Å². The Balaban J connectivity index is 1.53. The molecule has 0 spiro atoms. The molecule has 2 heterocycles. The lowest BCUT2D eigenvalue weighted by Gasteiger charge is -2.31. The van der Waals surface area contributed by atoms with Crippen molar-refractivity contribution in [2.75, 3.05) is 29.9 Å². The van der Waals surface area contributed by atoms with Crippen LogP contribution < -0.4 is 10.2 Å². The molecule has 1 aliphatic heterocycles. The molecule has 1 aliphatic carbocycles. The van der Waals surface area contributed by atoms with Crippen LogP contribution in [0.25, 0.3) is 10.9 Å². The number of nitrogens with zero attached hydrogens (tertiary/aromatic N) is 3. The predicted molar refractivity (Wildman–Crippen MR) is 112 cm³/mol. The van der Waals surface area contributed by atoms with E-state index >= 15 is 0 Å². The van der Waals surface area contributed by atoms with Crippen molar-refractivity contribution in [3.8, 4) is 0 Å². The molecule has 0 radical (unpaired) electrons. The summed E-state index contributed by atoms with van der Waals surface area (Å²) in [5.74, 6) is 1.64. The molecule has 6 heteroatoms. The van der Waals surface area contributed by atoms with Gasteiger partial charge in [0, 0.05) is 24.5 Å². The molecule has 2 fully saturated rings. The van der Waals surface area contributed by atoms with Crippen LogP contribution in [0.1, 0.15) is 51.9 Å². The number of carbonyl (C=O) groups is 1. The molecule has 2 aromatic rings. The Labute approximate surface area is 166 Å². The highest BCUT2D eigenvalue weighted by atomic mass is 16.5. The number of piperidine rings is 1. The van der Waals surface area contributed by atoms with Crippen molar-refractivity contribution in [2.24, 2.45) is 5.92 Å². The highest BCUT2D eigenvalue weighted by Crippen LogP contribution is 2.29. The van der Waals surface area contributed by atoms with Crippen LogP contribution in [0.2, 0.25) is 0 Å². The number of rotatable bonds is 5. The summed E-state index contributed by atoms with van der Waals surface area (Å²) < 4.78 is 5.18. The highest BCUT2D eigenvalue weighted by Gasteiger charge is 2.27. The van der Waals surface area contributed by atoms with Gasteiger partial charge in [-0.15, -0.1) is 0 Å². The van der Waals surface area contributed by atoms with Crippen molar-refractivity contribution >= 4 is 28.6 Å². The average Bonchev–Trinajstić information content (AvgIpc) is 2.75. The van der Waals surface area contributed by atoms with E-state index in [1.807, 2.05) is 19.1 Å². The summed E-state index contributed by atoms with van der Waals surface area (Å²) in [6, 6.07) is 8.71. The zero-order chi connectivity index (χ0) is 19.3. The summed E-state index contributed by atoms with van der Waals surface area (Å²) in [5.41, 5.74) is 0.971. The first-order valence-corrected chi connectivity index (χ1v) is 10.7. The third kappa shape index (κ3) is 4.21. The van der Waals surface area contributed by atoms with Gasteiger partial charge in [-0.25, -0.2) is 4.98 Å². The van der Waals surface area contributed by atoms with Crippen molar-refractivity contribution < 1.29 is 9.53 Å². The molecule has 0 atom stereocenters. The molecule has 1 saturated heterocycles. The Bertz CT molecular complexity index is 811. The van der Waals surface area contributed by atoms with Gasteiger partial charge in [-0.2, -0.15) is 4.98 Å². The number of para-hydroxylation sites is 1. The first kappa shape index (κ1) is 19.0. The van der Waals surface area contributed by atoms with E-state index in [9.17, 15) is 4.79 Å². The number of benzene rings is 1. The molecule has 6 nitrogen and oxygen atoms in total. The van der Waals surface area contributed by atoms with Gasteiger partial charge in [-0.1, -0.05) is 31.4 Å². The predicted octanol–water partition coefficient (Wildman–Crippen LogP) is 4.15. The zero-order valence-electron chi connectivity index (χ0n) is 16.7. The molecule has 150 valence electrons. The molecule has 4 rings (SSSR count). The SMILES string of the molecule is CCOC(=O)C1CCN(c2nc(NC3CCCCC3)c3ccccc3n2)CC1. The zero-order valence-corrected chi connectivity index (χ0v) is 16.7. The Morgan fingerprint density at radius 1 is 1.11 bits per heavy atom. The maximum absolute atomic E-state index is 12.0. The number of fused-ring (bicyclic) bond motifs is 1. The standard InChI is InChI=1S/C22H30N4O2/c1-2-28-21(27)16-12-14-26(15-13-16)22-24-19-11-7-6-10-18(19)20(25-22)23-17-8-4-3-5-9-17/h6-7,10-11,16-17H,2-5,8-9,12-15H2,1H3,(H,23,24,25). The fourth-order valence-corrected chi connectivity index (χ4v) is 4.33. The van der Waals surface area contributed by atoms with Gasteiger partial charge in [0.2, 0.25) is 5.95 Å². The van der Waals surface area contributed by atoms with E-state index in [4.69, 9.17) is 14.7 Å². The molecule has 1 N–H and O–H groups in total. The van der Waals surface area contributed by atoms with Gasteiger partial charge in [0.25, 0.3) is 0 Å². The van der Waals surface area contributed by atoms with Crippen LogP contribution in [0.3, 0.4) is 0 Å². The van der Waals surface area contributed by atoms with E-state index in [0.717, 1.165) is 48.6 Å². The lowest BCUT2D eigenvalue weighted by molar-refractivity contribution is -0.148. The summed E-state index contributed by atoms with van der Waals surface area (Å²) in [6.07, 6.45) is 7.91. The molecule has 1 aromatic heterocycles. The quantitative estimate of drug-likeness (QED) is 0.784. The van der Waals surface area contributed by atoms with Gasteiger partial charge >= 0.3 is 5.97 Å². The normalized spacial score (nSPS) is 19.0. The highest BCUT2D eigenvalue weighted by molar-refractivity contribution is 5.90. The number of esters is 1. The summed E-state index contributed by atoms with van der Waals surface area (Å²) in [4.78, 5) is 23.9. The first-order chi connectivity index (χ1) is 13.7. The van der Waals surface area contributed by atoms with Crippen LogP contribution in [0.4, 0.5) is 11.8 Å². The lowest BCUT2D eigenvalue weighted by atomic mass is 9.95. The topological polar surface area (TPSA) is 67.3 Å². The smallest absolute Gasteiger partial charge is 0.309 e. The van der Waals surface area contributed by atoms with Crippen molar-refractivity contribution in [2.45, 2.75) is 57.9 Å². The number of hydrogen-bond acceptors (Lipinski definition) is 6. The van der Waals surface area contributed by atoms with Gasteiger partial charge < -0.3 is 15.0 Å². The molecule has 2 aliphatic rings. The summed E-state index contributed by atoms with van der Waals surface area (Å²) in [5, 5.41) is 4.78. The number of ether oxygens (including phenoxy) is 1. The lowest BCUT2D eigenvalue weighted by Crippen LogP contribution is -2.38. The number of nitrogens with one attached hydrogen (secondary N) is 1. The fraction of sp³-hybridized carbons (Fsp3) is 0.591. The van der Waals surface area contributed by atoms with Gasteiger partial charge in [-0.3, -0.25) is 4.79 Å². The van der Waals surface area contributed by atoms with Crippen LogP contribution in [0, 0.1) is 5.92 Å². The van der Waals surface area contributed by atoms with E-state index < -0.39 is 0 Å². The van der Waals surface area contributed by atoms with Crippen molar-refractivity contribution in [1.29, 1.82) is 0 Å². The Morgan fingerprint density at radius 3 is 2.61 bits per heavy atom. The van der Waals surface area contributed by atoms with Gasteiger partial charge in [0.05, 0.1) is 18.0 Å². The van der Waals surface area contributed by atoms with Crippen molar-refractivity contribution in [1.82, 2.24) is 9.97 Å². The Kier molecular flexibility index (Phi) is 5.93.